The van der Waals surface area contributed by atoms with Gasteiger partial charge < -0.3 is 10.6 Å². The van der Waals surface area contributed by atoms with E-state index in [1.54, 1.807) is 6.92 Å². The Kier molecular flexibility index (Phi) is 6.55. The summed E-state index contributed by atoms with van der Waals surface area (Å²) in [6.45, 7) is 2.06. The van der Waals surface area contributed by atoms with Crippen LogP contribution in [0.2, 0.25) is 5.02 Å². The molecule has 0 unspecified atom stereocenters. The third-order valence-corrected chi connectivity index (χ3v) is 4.33. The Morgan fingerprint density at radius 3 is 2.12 bits per heavy atom. The summed E-state index contributed by atoms with van der Waals surface area (Å²) in [6, 6.07) is 14.8. The highest BCUT2D eigenvalue weighted by Gasteiger charge is 2.14. The SMILES string of the molecule is C[C@H](NCc1ccc(-c2ccc(Cl)cc2)cc1)C(=O)NCS(=O)(=O)O. The fourth-order valence-electron chi connectivity index (χ4n) is 2.14. The number of carbonyl (C=O) groups excluding carboxylic acids is 1. The minimum atomic E-state index is -4.22. The Labute approximate surface area is 152 Å². The number of rotatable bonds is 7. The van der Waals surface area contributed by atoms with Crippen molar-refractivity contribution >= 4 is 27.6 Å². The van der Waals surface area contributed by atoms with Gasteiger partial charge in [0.1, 0.15) is 5.88 Å². The van der Waals surface area contributed by atoms with Crippen molar-refractivity contribution in [2.24, 2.45) is 0 Å². The molecule has 1 atom stereocenters. The summed E-state index contributed by atoms with van der Waals surface area (Å²) in [7, 11) is -4.22. The largest absolute Gasteiger partial charge is 0.339 e. The van der Waals surface area contributed by atoms with Crippen LogP contribution in [-0.2, 0) is 21.5 Å². The summed E-state index contributed by atoms with van der Waals surface area (Å²) < 4.78 is 29.9. The quantitative estimate of drug-likeness (QED) is 0.639. The molecule has 0 aliphatic heterocycles. The van der Waals surface area contributed by atoms with E-state index < -0.39 is 27.9 Å². The summed E-state index contributed by atoms with van der Waals surface area (Å²) in [5.41, 5.74) is 3.09. The molecule has 0 radical (unpaired) electrons. The minimum absolute atomic E-state index is 0.446. The third-order valence-electron chi connectivity index (χ3n) is 3.57. The van der Waals surface area contributed by atoms with Crippen LogP contribution < -0.4 is 10.6 Å². The highest BCUT2D eigenvalue weighted by atomic mass is 35.5. The molecular formula is C17H19ClN2O4S. The average Bonchev–Trinajstić information content (AvgIpc) is 2.58. The van der Waals surface area contributed by atoms with Gasteiger partial charge in [0.2, 0.25) is 5.91 Å². The van der Waals surface area contributed by atoms with E-state index in [1.807, 2.05) is 48.5 Å². The molecule has 0 saturated carbocycles. The third kappa shape index (κ3) is 6.47. The number of amides is 1. The van der Waals surface area contributed by atoms with E-state index in [-0.39, 0.29) is 0 Å². The van der Waals surface area contributed by atoms with Gasteiger partial charge >= 0.3 is 0 Å². The Morgan fingerprint density at radius 1 is 1.08 bits per heavy atom. The first-order chi connectivity index (χ1) is 11.7. The van der Waals surface area contributed by atoms with E-state index in [0.717, 1.165) is 16.7 Å². The van der Waals surface area contributed by atoms with Crippen LogP contribution in [0.1, 0.15) is 12.5 Å². The van der Waals surface area contributed by atoms with Crippen LogP contribution in [-0.4, -0.2) is 30.8 Å². The van der Waals surface area contributed by atoms with Gasteiger partial charge in [-0.3, -0.25) is 9.35 Å². The zero-order valence-corrected chi connectivity index (χ0v) is 15.1. The van der Waals surface area contributed by atoms with Crippen LogP contribution in [0.5, 0.6) is 0 Å². The molecule has 2 aromatic rings. The van der Waals surface area contributed by atoms with E-state index >= 15 is 0 Å². The van der Waals surface area contributed by atoms with Crippen molar-refractivity contribution in [2.45, 2.75) is 19.5 Å². The number of hydrogen-bond acceptors (Lipinski definition) is 4. The Bertz CT molecular complexity index is 821. The first-order valence-corrected chi connectivity index (χ1v) is 9.54. The highest BCUT2D eigenvalue weighted by molar-refractivity contribution is 7.85. The Morgan fingerprint density at radius 2 is 1.60 bits per heavy atom. The van der Waals surface area contributed by atoms with Crippen LogP contribution in [0.3, 0.4) is 0 Å². The lowest BCUT2D eigenvalue weighted by molar-refractivity contribution is -0.122. The second-order valence-corrected chi connectivity index (χ2v) is 7.46. The zero-order chi connectivity index (χ0) is 18.4. The number of carbonyl (C=O) groups is 1. The second kappa shape index (κ2) is 8.44. The predicted octanol–water partition coefficient (Wildman–Crippen LogP) is 2.45. The molecule has 2 rings (SSSR count). The van der Waals surface area contributed by atoms with Crippen LogP contribution in [0, 0.1) is 0 Å². The maximum Gasteiger partial charge on any atom is 0.283 e. The minimum Gasteiger partial charge on any atom is -0.339 e. The topological polar surface area (TPSA) is 95.5 Å². The molecule has 0 spiro atoms. The summed E-state index contributed by atoms with van der Waals surface area (Å²) in [4.78, 5) is 11.7. The molecule has 0 aliphatic rings. The molecule has 1 amide bonds. The molecule has 8 heteroatoms. The van der Waals surface area contributed by atoms with E-state index in [2.05, 4.69) is 10.6 Å². The standard InChI is InChI=1S/C17H19ClN2O4S/c1-12(17(21)20-11-25(22,23)24)19-10-13-2-4-14(5-3-13)15-6-8-16(18)9-7-15/h2-9,12,19H,10-11H2,1H3,(H,20,21)(H,22,23,24)/t12-/m0/s1. The van der Waals surface area contributed by atoms with Gasteiger partial charge in [0, 0.05) is 11.6 Å². The van der Waals surface area contributed by atoms with Gasteiger partial charge in [-0.1, -0.05) is 48.0 Å². The Hall–Kier alpha value is -1.93. The molecule has 0 fully saturated rings. The van der Waals surface area contributed by atoms with Crippen LogP contribution in [0.4, 0.5) is 0 Å². The normalized spacial score (nSPS) is 12.6. The Balaban J connectivity index is 1.88. The van der Waals surface area contributed by atoms with Crippen molar-refractivity contribution < 1.29 is 17.8 Å². The number of benzene rings is 2. The van der Waals surface area contributed by atoms with Crippen molar-refractivity contribution in [1.29, 1.82) is 0 Å². The fraction of sp³-hybridized carbons (Fsp3) is 0.235. The van der Waals surface area contributed by atoms with Gasteiger partial charge in [-0.15, -0.1) is 0 Å². The molecule has 0 aromatic heterocycles. The van der Waals surface area contributed by atoms with Gasteiger partial charge in [0.25, 0.3) is 10.1 Å². The summed E-state index contributed by atoms with van der Waals surface area (Å²) >= 11 is 5.88. The zero-order valence-electron chi connectivity index (χ0n) is 13.6. The van der Waals surface area contributed by atoms with Crippen molar-refractivity contribution in [1.82, 2.24) is 10.6 Å². The fourth-order valence-corrected chi connectivity index (χ4v) is 2.59. The second-order valence-electron chi connectivity index (χ2n) is 5.57. The number of halogens is 1. The van der Waals surface area contributed by atoms with Crippen molar-refractivity contribution in [3.05, 3.63) is 59.1 Å². The molecular weight excluding hydrogens is 364 g/mol. The summed E-state index contributed by atoms with van der Waals surface area (Å²) in [5.74, 6) is -1.30. The van der Waals surface area contributed by atoms with Gasteiger partial charge in [-0.25, -0.2) is 0 Å². The highest BCUT2D eigenvalue weighted by Crippen LogP contribution is 2.21. The average molecular weight is 383 g/mol. The van der Waals surface area contributed by atoms with Crippen LogP contribution >= 0.6 is 11.6 Å². The molecule has 0 bridgehead atoms. The van der Waals surface area contributed by atoms with Gasteiger partial charge in [-0.05, 0) is 35.7 Å². The van der Waals surface area contributed by atoms with Crippen LogP contribution in [0.15, 0.2) is 48.5 Å². The maximum absolute atomic E-state index is 11.7. The predicted molar refractivity (Wildman–Crippen MR) is 97.7 cm³/mol. The van der Waals surface area contributed by atoms with Gasteiger partial charge in [0.05, 0.1) is 6.04 Å². The molecule has 3 N–H and O–H groups in total. The van der Waals surface area contributed by atoms with Crippen molar-refractivity contribution in [2.75, 3.05) is 5.88 Å². The molecule has 0 aliphatic carbocycles. The smallest absolute Gasteiger partial charge is 0.283 e. The van der Waals surface area contributed by atoms with Crippen molar-refractivity contribution in [3.63, 3.8) is 0 Å². The molecule has 25 heavy (non-hydrogen) atoms. The monoisotopic (exact) mass is 382 g/mol. The lowest BCUT2D eigenvalue weighted by atomic mass is 10.0. The first-order valence-electron chi connectivity index (χ1n) is 7.56. The lowest BCUT2D eigenvalue weighted by Gasteiger charge is -2.13. The van der Waals surface area contributed by atoms with Crippen LogP contribution in [0.25, 0.3) is 11.1 Å². The van der Waals surface area contributed by atoms with E-state index in [0.29, 0.717) is 11.6 Å². The maximum atomic E-state index is 11.7. The molecule has 134 valence electrons. The lowest BCUT2D eigenvalue weighted by Crippen LogP contribution is -2.43. The molecule has 6 nitrogen and oxygen atoms in total. The molecule has 0 heterocycles. The molecule has 2 aromatic carbocycles. The number of hydrogen-bond donors (Lipinski definition) is 3. The number of nitrogens with one attached hydrogen (secondary N) is 2. The van der Waals surface area contributed by atoms with Gasteiger partial charge in [-0.2, -0.15) is 8.42 Å². The first kappa shape index (κ1) is 19.4. The van der Waals surface area contributed by atoms with E-state index in [4.69, 9.17) is 16.2 Å². The summed E-state index contributed by atoms with van der Waals surface area (Å²) in [6.07, 6.45) is 0. The summed E-state index contributed by atoms with van der Waals surface area (Å²) in [5, 5.41) is 5.83. The van der Waals surface area contributed by atoms with E-state index in [1.165, 1.54) is 0 Å². The van der Waals surface area contributed by atoms with E-state index in [9.17, 15) is 13.2 Å². The molecule has 0 saturated heterocycles. The van der Waals surface area contributed by atoms with Gasteiger partial charge in [0.15, 0.2) is 0 Å². The van der Waals surface area contributed by atoms with Crippen molar-refractivity contribution in [3.8, 4) is 11.1 Å².